The fraction of sp³-hybridized carbons (Fsp3) is 0.875. The monoisotopic (exact) mass is 175 g/mol. The molecule has 0 saturated carbocycles. The van der Waals surface area contributed by atoms with Gasteiger partial charge in [0.1, 0.15) is 6.04 Å². The van der Waals surface area contributed by atoms with E-state index in [-0.39, 0.29) is 12.1 Å². The fourth-order valence-electron chi connectivity index (χ4n) is 0.700. The molecule has 0 rings (SSSR count). The predicted octanol–water partition coefficient (Wildman–Crippen LogP) is 0.302. The first-order chi connectivity index (χ1) is 5.57. The van der Waals surface area contributed by atoms with Crippen molar-refractivity contribution in [3.63, 3.8) is 0 Å². The number of hydrogen-bond acceptors (Lipinski definition) is 4. The van der Waals surface area contributed by atoms with Crippen LogP contribution in [0.2, 0.25) is 0 Å². The normalized spacial score (nSPS) is 13.1. The maximum Gasteiger partial charge on any atom is 0.322 e. The Hall–Kier alpha value is -0.610. The molecule has 0 aromatic heterocycles. The summed E-state index contributed by atoms with van der Waals surface area (Å²) in [5.74, 6) is -0.387. The van der Waals surface area contributed by atoms with Gasteiger partial charge in [-0.2, -0.15) is 0 Å². The molecule has 2 N–H and O–H groups in total. The third kappa shape index (κ3) is 5.09. The van der Waals surface area contributed by atoms with Crippen LogP contribution in [0, 0.1) is 0 Å². The van der Waals surface area contributed by atoms with Gasteiger partial charge < -0.3 is 15.2 Å². The van der Waals surface area contributed by atoms with Crippen molar-refractivity contribution in [2.45, 2.75) is 32.4 Å². The highest BCUT2D eigenvalue weighted by Gasteiger charge is 2.12. The average Bonchev–Trinajstić information content (AvgIpc) is 2.02. The van der Waals surface area contributed by atoms with Crippen LogP contribution in [0.25, 0.3) is 0 Å². The fourth-order valence-corrected chi connectivity index (χ4v) is 0.700. The van der Waals surface area contributed by atoms with Crippen LogP contribution in [0.3, 0.4) is 0 Å². The number of nitrogens with two attached hydrogens (primary N) is 1. The molecule has 72 valence electrons. The molecule has 0 aromatic carbocycles. The molecule has 0 amide bonds. The van der Waals surface area contributed by atoms with E-state index < -0.39 is 6.04 Å². The molecule has 4 nitrogen and oxygen atoms in total. The van der Waals surface area contributed by atoms with Gasteiger partial charge in [-0.3, -0.25) is 4.79 Å². The molecule has 0 spiro atoms. The van der Waals surface area contributed by atoms with Crippen molar-refractivity contribution < 1.29 is 14.3 Å². The molecule has 0 saturated heterocycles. The topological polar surface area (TPSA) is 61.5 Å². The molecule has 0 aliphatic heterocycles. The molecular formula is C8H17NO3. The van der Waals surface area contributed by atoms with E-state index in [0.717, 1.165) is 0 Å². The maximum atomic E-state index is 10.8. The second-order valence-electron chi connectivity index (χ2n) is 2.84. The van der Waals surface area contributed by atoms with Crippen molar-refractivity contribution in [2.24, 2.45) is 5.73 Å². The molecule has 0 aliphatic rings. The smallest absolute Gasteiger partial charge is 0.322 e. The lowest BCUT2D eigenvalue weighted by atomic mass is 10.2. The zero-order chi connectivity index (χ0) is 9.56. The molecule has 0 radical (unpaired) electrons. The van der Waals surface area contributed by atoms with Crippen LogP contribution in [-0.4, -0.2) is 31.8 Å². The first-order valence-corrected chi connectivity index (χ1v) is 4.03. The highest BCUT2D eigenvalue weighted by Crippen LogP contribution is 1.95. The molecule has 0 unspecified atom stereocenters. The Morgan fingerprint density at radius 3 is 2.50 bits per heavy atom. The molecule has 0 aliphatic carbocycles. The van der Waals surface area contributed by atoms with Gasteiger partial charge in [0.05, 0.1) is 13.2 Å². The molecule has 0 heterocycles. The molecule has 0 fully saturated rings. The Kier molecular flexibility index (Phi) is 5.66. The van der Waals surface area contributed by atoms with E-state index in [0.29, 0.717) is 13.0 Å². The summed E-state index contributed by atoms with van der Waals surface area (Å²) >= 11 is 0. The maximum absolute atomic E-state index is 10.8. The lowest BCUT2D eigenvalue weighted by Crippen LogP contribution is -2.32. The van der Waals surface area contributed by atoms with Gasteiger partial charge in [-0.1, -0.05) is 0 Å². The van der Waals surface area contributed by atoms with Crippen LogP contribution >= 0.6 is 0 Å². The molecule has 0 bridgehead atoms. The van der Waals surface area contributed by atoms with E-state index >= 15 is 0 Å². The lowest BCUT2D eigenvalue weighted by Gasteiger charge is -2.10. The SMILES string of the molecule is COC(=O)[C@H](N)CCOC(C)C. The number of rotatable bonds is 5. The average molecular weight is 175 g/mol. The van der Waals surface area contributed by atoms with Crippen molar-refractivity contribution in [3.8, 4) is 0 Å². The second kappa shape index (κ2) is 5.97. The zero-order valence-electron chi connectivity index (χ0n) is 7.87. The van der Waals surface area contributed by atoms with Crippen LogP contribution in [0.1, 0.15) is 20.3 Å². The third-order valence-corrected chi connectivity index (χ3v) is 1.38. The number of carbonyl (C=O) groups excluding carboxylic acids is 1. The van der Waals surface area contributed by atoms with Crippen molar-refractivity contribution in [2.75, 3.05) is 13.7 Å². The van der Waals surface area contributed by atoms with Crippen LogP contribution in [0.4, 0.5) is 0 Å². The summed E-state index contributed by atoms with van der Waals surface area (Å²) < 4.78 is 9.67. The van der Waals surface area contributed by atoms with Crippen molar-refractivity contribution in [1.82, 2.24) is 0 Å². The van der Waals surface area contributed by atoms with Crippen molar-refractivity contribution in [3.05, 3.63) is 0 Å². The molecule has 4 heteroatoms. The molecule has 1 atom stereocenters. The molecular weight excluding hydrogens is 158 g/mol. The largest absolute Gasteiger partial charge is 0.468 e. The Balaban J connectivity index is 3.43. The second-order valence-corrected chi connectivity index (χ2v) is 2.84. The van der Waals surface area contributed by atoms with Gasteiger partial charge in [0.15, 0.2) is 0 Å². The Morgan fingerprint density at radius 1 is 1.50 bits per heavy atom. The highest BCUT2D eigenvalue weighted by atomic mass is 16.5. The van der Waals surface area contributed by atoms with E-state index in [1.165, 1.54) is 7.11 Å². The summed E-state index contributed by atoms with van der Waals surface area (Å²) in [6, 6.07) is -0.561. The van der Waals surface area contributed by atoms with E-state index in [9.17, 15) is 4.79 Å². The lowest BCUT2D eigenvalue weighted by molar-refractivity contribution is -0.142. The summed E-state index contributed by atoms with van der Waals surface area (Å²) in [6.07, 6.45) is 0.681. The first-order valence-electron chi connectivity index (χ1n) is 4.03. The van der Waals surface area contributed by atoms with Gasteiger partial charge in [0, 0.05) is 6.61 Å². The number of ether oxygens (including phenoxy) is 2. The van der Waals surface area contributed by atoms with Crippen LogP contribution in [0.5, 0.6) is 0 Å². The van der Waals surface area contributed by atoms with Gasteiger partial charge in [0.25, 0.3) is 0 Å². The van der Waals surface area contributed by atoms with Gasteiger partial charge in [-0.25, -0.2) is 0 Å². The van der Waals surface area contributed by atoms with Gasteiger partial charge in [-0.15, -0.1) is 0 Å². The minimum Gasteiger partial charge on any atom is -0.468 e. The summed E-state index contributed by atoms with van der Waals surface area (Å²) in [4.78, 5) is 10.8. The van der Waals surface area contributed by atoms with Crippen LogP contribution in [-0.2, 0) is 14.3 Å². The Labute approximate surface area is 73.0 Å². The standard InChI is InChI=1S/C8H17NO3/c1-6(2)12-5-4-7(9)8(10)11-3/h6-7H,4-5,9H2,1-3H3/t7-/m1/s1. The van der Waals surface area contributed by atoms with E-state index in [1.54, 1.807) is 0 Å². The van der Waals surface area contributed by atoms with Crippen molar-refractivity contribution >= 4 is 5.97 Å². The predicted molar refractivity (Wildman–Crippen MR) is 45.7 cm³/mol. The number of esters is 1. The Bertz CT molecular complexity index is 136. The minimum absolute atomic E-state index is 0.176. The van der Waals surface area contributed by atoms with E-state index in [2.05, 4.69) is 4.74 Å². The number of hydrogen-bond donors (Lipinski definition) is 1. The Morgan fingerprint density at radius 2 is 2.08 bits per heavy atom. The number of methoxy groups -OCH3 is 1. The van der Waals surface area contributed by atoms with Crippen LogP contribution in [0.15, 0.2) is 0 Å². The van der Waals surface area contributed by atoms with Gasteiger partial charge in [-0.05, 0) is 20.3 Å². The summed E-state index contributed by atoms with van der Waals surface area (Å²) in [6.45, 7) is 4.36. The van der Waals surface area contributed by atoms with E-state index in [1.807, 2.05) is 13.8 Å². The first kappa shape index (κ1) is 11.4. The molecule has 12 heavy (non-hydrogen) atoms. The quantitative estimate of drug-likeness (QED) is 0.610. The highest BCUT2D eigenvalue weighted by molar-refractivity contribution is 5.75. The molecule has 0 aromatic rings. The van der Waals surface area contributed by atoms with Gasteiger partial charge in [0.2, 0.25) is 0 Å². The van der Waals surface area contributed by atoms with Gasteiger partial charge >= 0.3 is 5.97 Å². The summed E-state index contributed by atoms with van der Waals surface area (Å²) in [5, 5.41) is 0. The minimum atomic E-state index is -0.561. The van der Waals surface area contributed by atoms with Crippen LogP contribution < -0.4 is 5.73 Å². The summed E-state index contributed by atoms with van der Waals surface area (Å²) in [5.41, 5.74) is 5.46. The number of carbonyl (C=O) groups is 1. The van der Waals surface area contributed by atoms with E-state index in [4.69, 9.17) is 10.5 Å². The third-order valence-electron chi connectivity index (χ3n) is 1.38. The van der Waals surface area contributed by atoms with Crippen molar-refractivity contribution in [1.29, 1.82) is 0 Å². The zero-order valence-corrected chi connectivity index (χ0v) is 7.87. The summed E-state index contributed by atoms with van der Waals surface area (Å²) in [7, 11) is 1.32.